The van der Waals surface area contributed by atoms with Gasteiger partial charge in [0.1, 0.15) is 0 Å². The first kappa shape index (κ1) is 13.1. The molecule has 0 bridgehead atoms. The Balaban J connectivity index is 2.19. The Morgan fingerprint density at radius 3 is 2.24 bits per heavy atom. The zero-order valence-electron chi connectivity index (χ0n) is 11.4. The lowest BCUT2D eigenvalue weighted by Crippen LogP contribution is -1.99. The number of carboxylic acid groups (broad SMARTS) is 1. The van der Waals surface area contributed by atoms with Gasteiger partial charge >= 0.3 is 5.97 Å². The molecule has 0 spiro atoms. The van der Waals surface area contributed by atoms with Crippen LogP contribution in [0.3, 0.4) is 0 Å². The third-order valence-corrected chi connectivity index (χ3v) is 3.44. The summed E-state index contributed by atoms with van der Waals surface area (Å²) in [5.41, 5.74) is 1.92. The van der Waals surface area contributed by atoms with Gasteiger partial charge in [-0.2, -0.15) is 0 Å². The third kappa shape index (κ3) is 2.70. The Kier molecular flexibility index (Phi) is 3.52. The van der Waals surface area contributed by atoms with Crippen LogP contribution in [0.2, 0.25) is 0 Å². The van der Waals surface area contributed by atoms with Gasteiger partial charge in [-0.05, 0) is 28.0 Å². The molecule has 0 aliphatic carbocycles. The Morgan fingerprint density at radius 2 is 1.48 bits per heavy atom. The van der Waals surface area contributed by atoms with Crippen molar-refractivity contribution in [1.82, 2.24) is 0 Å². The number of benzene rings is 3. The summed E-state index contributed by atoms with van der Waals surface area (Å²) in [5.74, 6) is -0.922. The summed E-state index contributed by atoms with van der Waals surface area (Å²) in [5, 5.41) is 11.6. The number of rotatable bonds is 3. The fourth-order valence-corrected chi connectivity index (χ4v) is 2.42. The van der Waals surface area contributed by atoms with Crippen molar-refractivity contribution in [1.29, 1.82) is 0 Å². The Bertz CT molecular complexity index is 812. The molecule has 102 valence electrons. The van der Waals surface area contributed by atoms with Crippen LogP contribution < -0.4 is 0 Å². The van der Waals surface area contributed by atoms with Gasteiger partial charge in [0.25, 0.3) is 0 Å². The molecule has 3 aromatic rings. The van der Waals surface area contributed by atoms with Crippen LogP contribution >= 0.6 is 0 Å². The molecule has 0 radical (unpaired) electrons. The van der Waals surface area contributed by atoms with E-state index in [0.29, 0.717) is 11.1 Å². The number of carboxylic acids is 1. The van der Waals surface area contributed by atoms with Crippen molar-refractivity contribution in [3.63, 3.8) is 0 Å². The maximum Gasteiger partial charge on any atom is 0.336 e. The molecular formula is C19H14O2. The summed E-state index contributed by atoms with van der Waals surface area (Å²) in [6.07, 6.45) is 1.74. The molecule has 0 unspecified atom stereocenters. The van der Waals surface area contributed by atoms with Crippen molar-refractivity contribution in [3.05, 3.63) is 83.9 Å². The van der Waals surface area contributed by atoms with Crippen LogP contribution in [0.4, 0.5) is 0 Å². The van der Waals surface area contributed by atoms with Crippen molar-refractivity contribution >= 4 is 28.4 Å². The molecule has 3 aromatic carbocycles. The molecule has 3 rings (SSSR count). The highest BCUT2D eigenvalue weighted by Crippen LogP contribution is 2.24. The predicted octanol–water partition coefficient (Wildman–Crippen LogP) is 4.47. The van der Waals surface area contributed by atoms with E-state index in [0.717, 1.165) is 16.3 Å². The lowest BCUT2D eigenvalue weighted by Gasteiger charge is -2.06. The van der Waals surface area contributed by atoms with E-state index in [1.165, 1.54) is 0 Å². The van der Waals surface area contributed by atoms with Crippen LogP contribution in [0.5, 0.6) is 0 Å². The number of fused-ring (bicyclic) bond motifs is 1. The first-order chi connectivity index (χ1) is 10.3. The van der Waals surface area contributed by atoms with Crippen LogP contribution in [0.25, 0.3) is 22.4 Å². The van der Waals surface area contributed by atoms with E-state index < -0.39 is 5.97 Å². The van der Waals surface area contributed by atoms with Gasteiger partial charge in [-0.15, -0.1) is 0 Å². The van der Waals surface area contributed by atoms with Gasteiger partial charge in [-0.1, -0.05) is 72.8 Å². The smallest absolute Gasteiger partial charge is 0.336 e. The maximum atomic E-state index is 11.6. The van der Waals surface area contributed by atoms with Gasteiger partial charge in [-0.3, -0.25) is 0 Å². The molecule has 0 aliphatic rings. The van der Waals surface area contributed by atoms with Crippen LogP contribution in [-0.4, -0.2) is 11.1 Å². The largest absolute Gasteiger partial charge is 0.478 e. The molecule has 21 heavy (non-hydrogen) atoms. The SMILES string of the molecule is O=C(O)C(=Cc1cccc2ccccc12)c1ccccc1. The number of aliphatic carboxylic acids is 1. The highest BCUT2D eigenvalue weighted by molar-refractivity contribution is 6.21. The fourth-order valence-electron chi connectivity index (χ4n) is 2.42. The average molecular weight is 274 g/mol. The molecule has 0 fully saturated rings. The Labute approximate surface area is 123 Å². The highest BCUT2D eigenvalue weighted by atomic mass is 16.4. The monoisotopic (exact) mass is 274 g/mol. The lowest BCUT2D eigenvalue weighted by molar-refractivity contribution is -0.130. The van der Waals surface area contributed by atoms with E-state index in [9.17, 15) is 9.90 Å². The van der Waals surface area contributed by atoms with Crippen molar-refractivity contribution in [3.8, 4) is 0 Å². The zero-order chi connectivity index (χ0) is 14.7. The number of hydrogen-bond acceptors (Lipinski definition) is 1. The first-order valence-corrected chi connectivity index (χ1v) is 6.74. The minimum absolute atomic E-state index is 0.298. The first-order valence-electron chi connectivity index (χ1n) is 6.74. The minimum atomic E-state index is -0.922. The second kappa shape index (κ2) is 5.63. The van der Waals surface area contributed by atoms with Crippen LogP contribution in [0, 0.1) is 0 Å². The predicted molar refractivity (Wildman–Crippen MR) is 85.9 cm³/mol. The molecule has 2 heteroatoms. The van der Waals surface area contributed by atoms with Crippen LogP contribution in [0.15, 0.2) is 72.8 Å². The zero-order valence-corrected chi connectivity index (χ0v) is 11.4. The lowest BCUT2D eigenvalue weighted by atomic mass is 9.99. The van der Waals surface area contributed by atoms with E-state index in [-0.39, 0.29) is 0 Å². The van der Waals surface area contributed by atoms with E-state index in [1.807, 2.05) is 72.8 Å². The molecule has 0 saturated heterocycles. The second-order valence-electron chi connectivity index (χ2n) is 4.80. The summed E-state index contributed by atoms with van der Waals surface area (Å²) in [6, 6.07) is 23.1. The van der Waals surface area contributed by atoms with Gasteiger partial charge in [0.05, 0.1) is 5.57 Å². The van der Waals surface area contributed by atoms with E-state index in [1.54, 1.807) is 6.08 Å². The standard InChI is InChI=1S/C19H14O2/c20-19(21)18(15-7-2-1-3-8-15)13-16-11-6-10-14-9-4-5-12-17(14)16/h1-13H,(H,20,21). The van der Waals surface area contributed by atoms with Gasteiger partial charge in [0.2, 0.25) is 0 Å². The second-order valence-corrected chi connectivity index (χ2v) is 4.80. The molecule has 0 saturated carbocycles. The molecule has 2 nitrogen and oxygen atoms in total. The van der Waals surface area contributed by atoms with Gasteiger partial charge in [0, 0.05) is 0 Å². The maximum absolute atomic E-state index is 11.6. The Hall–Kier alpha value is -2.87. The third-order valence-electron chi connectivity index (χ3n) is 3.44. The highest BCUT2D eigenvalue weighted by Gasteiger charge is 2.10. The van der Waals surface area contributed by atoms with Crippen LogP contribution in [0.1, 0.15) is 11.1 Å². The summed E-state index contributed by atoms with van der Waals surface area (Å²) >= 11 is 0. The van der Waals surface area contributed by atoms with Gasteiger partial charge in [-0.25, -0.2) is 4.79 Å². The van der Waals surface area contributed by atoms with E-state index in [4.69, 9.17) is 0 Å². The normalized spacial score (nSPS) is 11.5. The molecule has 0 aromatic heterocycles. The van der Waals surface area contributed by atoms with Crippen LogP contribution in [-0.2, 0) is 4.79 Å². The summed E-state index contributed by atoms with van der Waals surface area (Å²) in [4.78, 5) is 11.6. The van der Waals surface area contributed by atoms with Gasteiger partial charge < -0.3 is 5.11 Å². The van der Waals surface area contributed by atoms with Crippen molar-refractivity contribution < 1.29 is 9.90 Å². The minimum Gasteiger partial charge on any atom is -0.478 e. The summed E-state index contributed by atoms with van der Waals surface area (Å²) in [6.45, 7) is 0. The fraction of sp³-hybridized carbons (Fsp3) is 0. The molecule has 0 aliphatic heterocycles. The number of carbonyl (C=O) groups is 1. The van der Waals surface area contributed by atoms with E-state index in [2.05, 4.69) is 0 Å². The quantitative estimate of drug-likeness (QED) is 0.565. The molecule has 0 atom stereocenters. The van der Waals surface area contributed by atoms with Crippen molar-refractivity contribution in [2.75, 3.05) is 0 Å². The Morgan fingerprint density at radius 1 is 0.810 bits per heavy atom. The molecular weight excluding hydrogens is 260 g/mol. The number of hydrogen-bond donors (Lipinski definition) is 1. The molecule has 0 heterocycles. The van der Waals surface area contributed by atoms with Gasteiger partial charge in [0.15, 0.2) is 0 Å². The summed E-state index contributed by atoms with van der Waals surface area (Å²) < 4.78 is 0. The van der Waals surface area contributed by atoms with Crippen molar-refractivity contribution in [2.24, 2.45) is 0 Å². The summed E-state index contributed by atoms with van der Waals surface area (Å²) in [7, 11) is 0. The average Bonchev–Trinajstić information content (AvgIpc) is 2.53. The topological polar surface area (TPSA) is 37.3 Å². The van der Waals surface area contributed by atoms with E-state index >= 15 is 0 Å². The van der Waals surface area contributed by atoms with Crippen molar-refractivity contribution in [2.45, 2.75) is 0 Å². The molecule has 0 amide bonds. The molecule has 1 N–H and O–H groups in total.